The van der Waals surface area contributed by atoms with E-state index in [2.05, 4.69) is 15.0 Å². The first-order chi connectivity index (χ1) is 9.39. The largest absolute Gasteiger partial charge is 0.377 e. The second-order valence-electron chi connectivity index (χ2n) is 5.22. The molecule has 20 heavy (non-hydrogen) atoms. The Kier molecular flexibility index (Phi) is 7.25. The van der Waals surface area contributed by atoms with Crippen LogP contribution in [0.5, 0.6) is 0 Å². The van der Waals surface area contributed by atoms with Crippen LogP contribution in [-0.2, 0) is 14.8 Å². The fraction of sp³-hybridized carbons (Fsp3) is 0.917. The van der Waals surface area contributed by atoms with E-state index in [0.717, 1.165) is 19.3 Å². The topological polar surface area (TPSA) is 106 Å². The van der Waals surface area contributed by atoms with E-state index in [1.807, 2.05) is 13.8 Å². The van der Waals surface area contributed by atoms with Crippen LogP contribution in [0.25, 0.3) is 0 Å². The molecule has 0 bridgehead atoms. The van der Waals surface area contributed by atoms with Crippen molar-refractivity contribution in [1.82, 2.24) is 10.0 Å². The van der Waals surface area contributed by atoms with E-state index in [4.69, 9.17) is 10.5 Å². The Balaban J connectivity index is 2.26. The molecule has 7 nitrogen and oxygen atoms in total. The zero-order chi connectivity index (χ0) is 15.0. The molecule has 1 rings (SSSR count). The molecule has 0 saturated carbocycles. The van der Waals surface area contributed by atoms with Gasteiger partial charge in [-0.2, -0.15) is 0 Å². The fourth-order valence-corrected chi connectivity index (χ4v) is 2.80. The number of ether oxygens (including phenoxy) is 1. The first kappa shape index (κ1) is 17.2. The van der Waals surface area contributed by atoms with Crippen molar-refractivity contribution in [3.63, 3.8) is 0 Å². The number of nitrogens with two attached hydrogens (primary N) is 1. The third-order valence-corrected chi connectivity index (χ3v) is 4.21. The summed E-state index contributed by atoms with van der Waals surface area (Å²) >= 11 is 0. The quantitative estimate of drug-likeness (QED) is 0.446. The van der Waals surface area contributed by atoms with Crippen molar-refractivity contribution < 1.29 is 13.2 Å². The number of nitrogens with zero attached hydrogens (tertiary/aromatic N) is 1. The highest BCUT2D eigenvalue weighted by atomic mass is 32.2. The molecule has 1 unspecified atom stereocenters. The average molecular weight is 306 g/mol. The van der Waals surface area contributed by atoms with E-state index < -0.39 is 10.0 Å². The third kappa shape index (κ3) is 7.66. The summed E-state index contributed by atoms with van der Waals surface area (Å²) in [7, 11) is -3.33. The van der Waals surface area contributed by atoms with Crippen molar-refractivity contribution in [2.75, 3.05) is 25.4 Å². The van der Waals surface area contributed by atoms with Crippen LogP contribution in [0.4, 0.5) is 0 Å². The number of guanidine groups is 1. The maximum absolute atomic E-state index is 11.8. The van der Waals surface area contributed by atoms with Crippen molar-refractivity contribution in [2.24, 2.45) is 10.7 Å². The Morgan fingerprint density at radius 2 is 2.20 bits per heavy atom. The van der Waals surface area contributed by atoms with Crippen molar-refractivity contribution in [3.05, 3.63) is 0 Å². The molecule has 1 saturated heterocycles. The molecule has 0 aromatic carbocycles. The van der Waals surface area contributed by atoms with E-state index >= 15 is 0 Å². The minimum absolute atomic E-state index is 0.00490. The van der Waals surface area contributed by atoms with Crippen molar-refractivity contribution >= 4 is 16.0 Å². The molecule has 0 aromatic heterocycles. The maximum Gasteiger partial charge on any atom is 0.213 e. The molecule has 1 aliphatic rings. The Morgan fingerprint density at radius 3 is 2.80 bits per heavy atom. The van der Waals surface area contributed by atoms with Crippen molar-refractivity contribution in [2.45, 2.75) is 45.3 Å². The van der Waals surface area contributed by atoms with Crippen LogP contribution in [0.3, 0.4) is 0 Å². The molecule has 0 radical (unpaired) electrons. The predicted octanol–water partition coefficient (Wildman–Crippen LogP) is -0.212. The normalized spacial score (nSPS) is 21.1. The summed E-state index contributed by atoms with van der Waals surface area (Å²) in [6, 6.07) is 0.178. The van der Waals surface area contributed by atoms with Gasteiger partial charge in [-0.15, -0.1) is 0 Å². The van der Waals surface area contributed by atoms with E-state index in [9.17, 15) is 8.42 Å². The molecular formula is C12H26N4O3S. The fourth-order valence-electron chi connectivity index (χ4n) is 1.89. The second-order valence-corrected chi connectivity index (χ2v) is 7.15. The number of hydrogen-bond acceptors (Lipinski definition) is 4. The van der Waals surface area contributed by atoms with Crippen LogP contribution in [0.1, 0.15) is 33.1 Å². The lowest BCUT2D eigenvalue weighted by Crippen LogP contribution is -2.38. The zero-order valence-corrected chi connectivity index (χ0v) is 13.1. The molecule has 1 fully saturated rings. The molecule has 0 spiro atoms. The van der Waals surface area contributed by atoms with Crippen LogP contribution in [0.15, 0.2) is 4.99 Å². The summed E-state index contributed by atoms with van der Waals surface area (Å²) < 4.78 is 31.6. The van der Waals surface area contributed by atoms with Crippen LogP contribution in [-0.4, -0.2) is 52.0 Å². The zero-order valence-electron chi connectivity index (χ0n) is 12.3. The lowest BCUT2D eigenvalue weighted by atomic mass is 10.1. The summed E-state index contributed by atoms with van der Waals surface area (Å²) in [5.41, 5.74) is 5.60. The Bertz CT molecular complexity index is 403. The van der Waals surface area contributed by atoms with Crippen LogP contribution >= 0.6 is 0 Å². The summed E-state index contributed by atoms with van der Waals surface area (Å²) in [6.07, 6.45) is 3.05. The third-order valence-electron chi connectivity index (χ3n) is 2.88. The molecule has 0 aromatic rings. The second kappa shape index (κ2) is 8.43. The number of rotatable bonds is 7. The van der Waals surface area contributed by atoms with Crippen molar-refractivity contribution in [1.29, 1.82) is 0 Å². The van der Waals surface area contributed by atoms with Crippen molar-refractivity contribution in [3.8, 4) is 0 Å². The SMILES string of the molecule is CC(C)NC(N)=NCCS(=O)(=O)NCC1CCCCO1. The molecular weight excluding hydrogens is 280 g/mol. The van der Waals surface area contributed by atoms with Gasteiger partial charge in [0.1, 0.15) is 0 Å². The van der Waals surface area contributed by atoms with Gasteiger partial charge in [0.15, 0.2) is 5.96 Å². The van der Waals surface area contributed by atoms with Crippen LogP contribution in [0.2, 0.25) is 0 Å². The Morgan fingerprint density at radius 1 is 1.45 bits per heavy atom. The minimum atomic E-state index is -3.33. The van der Waals surface area contributed by atoms with Crippen LogP contribution < -0.4 is 15.8 Å². The Hall–Kier alpha value is -0.860. The van der Waals surface area contributed by atoms with Gasteiger partial charge in [-0.1, -0.05) is 0 Å². The van der Waals surface area contributed by atoms with E-state index in [-0.39, 0.29) is 30.4 Å². The molecule has 4 N–H and O–H groups in total. The average Bonchev–Trinajstić information content (AvgIpc) is 2.36. The van der Waals surface area contributed by atoms with E-state index in [1.54, 1.807) is 0 Å². The number of hydrogen-bond donors (Lipinski definition) is 3. The predicted molar refractivity (Wildman–Crippen MR) is 80.1 cm³/mol. The lowest BCUT2D eigenvalue weighted by Gasteiger charge is -2.22. The molecule has 1 heterocycles. The standard InChI is InChI=1S/C12H26N4O3S/c1-10(2)16-12(13)14-6-8-20(17,18)15-9-11-5-3-4-7-19-11/h10-11,15H,3-9H2,1-2H3,(H3,13,14,16). The highest BCUT2D eigenvalue weighted by Crippen LogP contribution is 2.11. The number of nitrogens with one attached hydrogen (secondary N) is 2. The van der Waals surface area contributed by atoms with Gasteiger partial charge >= 0.3 is 0 Å². The monoisotopic (exact) mass is 306 g/mol. The molecule has 118 valence electrons. The first-order valence-corrected chi connectivity index (χ1v) is 8.69. The van der Waals surface area contributed by atoms with Crippen LogP contribution in [0, 0.1) is 0 Å². The Labute approximate surface area is 121 Å². The van der Waals surface area contributed by atoms with E-state index in [0.29, 0.717) is 13.2 Å². The molecule has 0 amide bonds. The highest BCUT2D eigenvalue weighted by molar-refractivity contribution is 7.89. The summed E-state index contributed by atoms with van der Waals surface area (Å²) in [4.78, 5) is 3.98. The smallest absolute Gasteiger partial charge is 0.213 e. The minimum Gasteiger partial charge on any atom is -0.377 e. The molecule has 1 aliphatic heterocycles. The van der Waals surface area contributed by atoms with Gasteiger partial charge in [0, 0.05) is 19.2 Å². The highest BCUT2D eigenvalue weighted by Gasteiger charge is 2.17. The molecule has 1 atom stereocenters. The van der Waals surface area contributed by atoms with Gasteiger partial charge in [-0.25, -0.2) is 13.1 Å². The molecule has 0 aliphatic carbocycles. The number of aliphatic imine (C=N–C) groups is 1. The van der Waals surface area contributed by atoms with Gasteiger partial charge in [-0.05, 0) is 33.1 Å². The maximum atomic E-state index is 11.8. The van der Waals surface area contributed by atoms with E-state index in [1.165, 1.54) is 0 Å². The first-order valence-electron chi connectivity index (χ1n) is 7.04. The van der Waals surface area contributed by atoms with Gasteiger partial charge in [-0.3, -0.25) is 4.99 Å². The molecule has 8 heteroatoms. The van der Waals surface area contributed by atoms with Gasteiger partial charge < -0.3 is 15.8 Å². The summed E-state index contributed by atoms with van der Waals surface area (Å²) in [5, 5.41) is 2.91. The van der Waals surface area contributed by atoms with Gasteiger partial charge in [0.25, 0.3) is 0 Å². The van der Waals surface area contributed by atoms with Gasteiger partial charge in [0.05, 0.1) is 18.4 Å². The summed E-state index contributed by atoms with van der Waals surface area (Å²) in [5.74, 6) is 0.200. The van der Waals surface area contributed by atoms with Gasteiger partial charge in [0.2, 0.25) is 10.0 Å². The lowest BCUT2D eigenvalue weighted by molar-refractivity contribution is 0.0200. The number of sulfonamides is 1. The summed E-state index contributed by atoms with van der Waals surface area (Å²) in [6.45, 7) is 5.07.